The van der Waals surface area contributed by atoms with Crippen molar-refractivity contribution in [2.75, 3.05) is 52.5 Å². The van der Waals surface area contributed by atoms with E-state index in [0.717, 1.165) is 52.4 Å². The lowest BCUT2D eigenvalue weighted by Gasteiger charge is -2.26. The van der Waals surface area contributed by atoms with Gasteiger partial charge in [-0.25, -0.2) is 0 Å². The molecular formula is C14H22N4O3. The Kier molecular flexibility index (Phi) is 5.20. The second-order valence-corrected chi connectivity index (χ2v) is 5.23. The predicted octanol–water partition coefficient (Wildman–Crippen LogP) is -0.0717. The molecule has 2 fully saturated rings. The van der Waals surface area contributed by atoms with Gasteiger partial charge in [0, 0.05) is 26.2 Å². The lowest BCUT2D eigenvalue weighted by atomic mass is 10.3. The van der Waals surface area contributed by atoms with Gasteiger partial charge in [-0.2, -0.15) is 4.98 Å². The van der Waals surface area contributed by atoms with Crippen molar-refractivity contribution in [2.24, 2.45) is 0 Å². The van der Waals surface area contributed by atoms with Gasteiger partial charge in [-0.1, -0.05) is 0 Å². The van der Waals surface area contributed by atoms with Crippen LogP contribution in [0.15, 0.2) is 12.4 Å². The minimum absolute atomic E-state index is 0.183. The van der Waals surface area contributed by atoms with Gasteiger partial charge in [0.2, 0.25) is 11.8 Å². The summed E-state index contributed by atoms with van der Waals surface area (Å²) in [5, 5.41) is 3.26. The highest BCUT2D eigenvalue weighted by Crippen LogP contribution is 2.14. The van der Waals surface area contributed by atoms with Gasteiger partial charge >= 0.3 is 0 Å². The number of aromatic nitrogens is 2. The van der Waals surface area contributed by atoms with Gasteiger partial charge in [0.05, 0.1) is 25.6 Å². The van der Waals surface area contributed by atoms with Crippen molar-refractivity contribution in [1.29, 1.82) is 0 Å². The molecule has 1 N–H and O–H groups in total. The Balaban J connectivity index is 1.44. The summed E-state index contributed by atoms with van der Waals surface area (Å²) in [5.74, 6) is 1.05. The summed E-state index contributed by atoms with van der Waals surface area (Å²) >= 11 is 0. The minimum Gasteiger partial charge on any atom is -0.475 e. The van der Waals surface area contributed by atoms with E-state index in [-0.39, 0.29) is 6.10 Å². The Morgan fingerprint density at radius 2 is 2.14 bits per heavy atom. The molecule has 3 heterocycles. The van der Waals surface area contributed by atoms with E-state index in [1.54, 1.807) is 12.4 Å². The molecule has 1 atom stereocenters. The number of hydrogen-bond donors (Lipinski definition) is 1. The lowest BCUT2D eigenvalue weighted by Crippen LogP contribution is -2.38. The standard InChI is InChI=1S/C14H22N4O3/c1-2-15-9-12(1)21-14-11-16-10-13(17-14)20-8-5-18-3-6-19-7-4-18/h10-12,15H,1-9H2. The van der Waals surface area contributed by atoms with E-state index in [2.05, 4.69) is 20.2 Å². The van der Waals surface area contributed by atoms with E-state index in [0.29, 0.717) is 18.4 Å². The van der Waals surface area contributed by atoms with Crippen molar-refractivity contribution >= 4 is 0 Å². The zero-order valence-corrected chi connectivity index (χ0v) is 12.2. The molecule has 1 unspecified atom stereocenters. The topological polar surface area (TPSA) is 68.7 Å². The van der Waals surface area contributed by atoms with Crippen LogP contribution in [-0.2, 0) is 4.74 Å². The Bertz CT molecular complexity index is 434. The first-order chi connectivity index (χ1) is 10.4. The van der Waals surface area contributed by atoms with Crippen molar-refractivity contribution in [1.82, 2.24) is 20.2 Å². The third-order valence-electron chi connectivity index (χ3n) is 3.65. The highest BCUT2D eigenvalue weighted by Gasteiger charge is 2.17. The third kappa shape index (κ3) is 4.52. The van der Waals surface area contributed by atoms with Gasteiger partial charge in [-0.15, -0.1) is 0 Å². The Hall–Kier alpha value is -1.44. The maximum Gasteiger partial charge on any atom is 0.235 e. The van der Waals surface area contributed by atoms with Crippen molar-refractivity contribution in [3.05, 3.63) is 12.4 Å². The molecule has 0 aliphatic carbocycles. The fraction of sp³-hybridized carbons (Fsp3) is 0.714. The quantitative estimate of drug-likeness (QED) is 0.787. The summed E-state index contributed by atoms with van der Waals surface area (Å²) in [4.78, 5) is 10.8. The van der Waals surface area contributed by atoms with Gasteiger partial charge in [-0.3, -0.25) is 9.88 Å². The molecule has 2 aliphatic heterocycles. The minimum atomic E-state index is 0.183. The van der Waals surface area contributed by atoms with Gasteiger partial charge in [-0.05, 0) is 13.0 Å². The predicted molar refractivity (Wildman–Crippen MR) is 76.7 cm³/mol. The van der Waals surface area contributed by atoms with E-state index in [4.69, 9.17) is 14.2 Å². The van der Waals surface area contributed by atoms with Crippen molar-refractivity contribution in [2.45, 2.75) is 12.5 Å². The van der Waals surface area contributed by atoms with Crippen LogP contribution in [0.25, 0.3) is 0 Å². The fourth-order valence-corrected chi connectivity index (χ4v) is 2.46. The van der Waals surface area contributed by atoms with E-state index in [1.165, 1.54) is 0 Å². The molecule has 1 aromatic rings. The summed E-state index contributed by atoms with van der Waals surface area (Å²) in [5.41, 5.74) is 0. The molecule has 0 bridgehead atoms. The first-order valence-corrected chi connectivity index (χ1v) is 7.52. The molecule has 0 radical (unpaired) electrons. The monoisotopic (exact) mass is 294 g/mol. The van der Waals surface area contributed by atoms with Crippen LogP contribution in [0.2, 0.25) is 0 Å². The molecule has 1 aromatic heterocycles. The summed E-state index contributed by atoms with van der Waals surface area (Å²) in [7, 11) is 0. The molecule has 2 aliphatic rings. The average Bonchev–Trinajstić information content (AvgIpc) is 3.02. The van der Waals surface area contributed by atoms with Gasteiger partial charge in [0.15, 0.2) is 0 Å². The Labute approximate surface area is 124 Å². The molecule has 0 amide bonds. The molecule has 2 saturated heterocycles. The smallest absolute Gasteiger partial charge is 0.235 e. The van der Waals surface area contributed by atoms with Crippen LogP contribution in [0.4, 0.5) is 0 Å². The summed E-state index contributed by atoms with van der Waals surface area (Å²) in [6.45, 7) is 6.88. The highest BCUT2D eigenvalue weighted by atomic mass is 16.5. The van der Waals surface area contributed by atoms with Gasteiger partial charge in [0.1, 0.15) is 12.7 Å². The average molecular weight is 294 g/mol. The van der Waals surface area contributed by atoms with Crippen LogP contribution < -0.4 is 14.8 Å². The summed E-state index contributed by atoms with van der Waals surface area (Å²) < 4.78 is 16.7. The Morgan fingerprint density at radius 3 is 2.95 bits per heavy atom. The largest absolute Gasteiger partial charge is 0.475 e. The van der Waals surface area contributed by atoms with Crippen molar-refractivity contribution < 1.29 is 14.2 Å². The highest BCUT2D eigenvalue weighted by molar-refractivity contribution is 5.13. The lowest BCUT2D eigenvalue weighted by molar-refractivity contribution is 0.0319. The number of nitrogens with zero attached hydrogens (tertiary/aromatic N) is 3. The molecule has 0 spiro atoms. The SMILES string of the molecule is c1ncc(OC2CCNC2)nc1OCCN1CCOCC1. The molecule has 3 rings (SSSR count). The maximum absolute atomic E-state index is 5.77. The van der Waals surface area contributed by atoms with Crippen LogP contribution in [0.1, 0.15) is 6.42 Å². The number of ether oxygens (including phenoxy) is 3. The fourth-order valence-electron chi connectivity index (χ4n) is 2.46. The second kappa shape index (κ2) is 7.53. The first kappa shape index (κ1) is 14.5. The first-order valence-electron chi connectivity index (χ1n) is 7.52. The molecule has 7 nitrogen and oxygen atoms in total. The molecule has 0 saturated carbocycles. The zero-order chi connectivity index (χ0) is 14.3. The Morgan fingerprint density at radius 1 is 1.29 bits per heavy atom. The van der Waals surface area contributed by atoms with Crippen LogP contribution in [0.5, 0.6) is 11.8 Å². The summed E-state index contributed by atoms with van der Waals surface area (Å²) in [6.07, 6.45) is 4.44. The normalized spacial score (nSPS) is 23.1. The number of rotatable bonds is 6. The third-order valence-corrected chi connectivity index (χ3v) is 3.65. The van der Waals surface area contributed by atoms with Crippen molar-refractivity contribution in [3.63, 3.8) is 0 Å². The van der Waals surface area contributed by atoms with Gasteiger partial charge < -0.3 is 19.5 Å². The van der Waals surface area contributed by atoms with E-state index in [9.17, 15) is 0 Å². The zero-order valence-electron chi connectivity index (χ0n) is 12.2. The van der Waals surface area contributed by atoms with Crippen LogP contribution in [0, 0.1) is 0 Å². The second-order valence-electron chi connectivity index (χ2n) is 5.23. The van der Waals surface area contributed by atoms with Crippen LogP contribution >= 0.6 is 0 Å². The van der Waals surface area contributed by atoms with Crippen LogP contribution in [0.3, 0.4) is 0 Å². The number of hydrogen-bond acceptors (Lipinski definition) is 7. The van der Waals surface area contributed by atoms with E-state index < -0.39 is 0 Å². The maximum atomic E-state index is 5.77. The number of nitrogens with one attached hydrogen (secondary N) is 1. The molecule has 0 aromatic carbocycles. The summed E-state index contributed by atoms with van der Waals surface area (Å²) in [6, 6.07) is 0. The molecule has 7 heteroatoms. The van der Waals surface area contributed by atoms with Crippen LogP contribution in [-0.4, -0.2) is 73.5 Å². The van der Waals surface area contributed by atoms with E-state index in [1.807, 2.05) is 0 Å². The molecule has 116 valence electrons. The molecular weight excluding hydrogens is 272 g/mol. The van der Waals surface area contributed by atoms with Gasteiger partial charge in [0.25, 0.3) is 0 Å². The van der Waals surface area contributed by atoms with E-state index >= 15 is 0 Å². The molecule has 21 heavy (non-hydrogen) atoms. The number of morpholine rings is 1. The van der Waals surface area contributed by atoms with Crippen molar-refractivity contribution in [3.8, 4) is 11.8 Å².